The first-order chi connectivity index (χ1) is 18.0. The van der Waals surface area contributed by atoms with E-state index in [0.717, 1.165) is 16.9 Å². The van der Waals surface area contributed by atoms with Crippen molar-refractivity contribution in [2.24, 2.45) is 11.1 Å². The minimum Gasteiger partial charge on any atom is -0.492 e. The predicted molar refractivity (Wildman–Crippen MR) is 150 cm³/mol. The number of hydrogen-bond donors (Lipinski definition) is 1. The number of ether oxygens (including phenoxy) is 1. The summed E-state index contributed by atoms with van der Waals surface area (Å²) in [6.07, 6.45) is 0.564. The average molecular weight is 534 g/mol. The van der Waals surface area contributed by atoms with Crippen LogP contribution in [0.1, 0.15) is 56.1 Å². The molecule has 0 aromatic heterocycles. The quantitative estimate of drug-likeness (QED) is 0.417. The van der Waals surface area contributed by atoms with E-state index in [-0.39, 0.29) is 30.5 Å². The van der Waals surface area contributed by atoms with Gasteiger partial charge in [-0.15, -0.1) is 0 Å². The lowest BCUT2D eigenvalue weighted by Gasteiger charge is -2.43. The van der Waals surface area contributed by atoms with Crippen molar-refractivity contribution in [2.45, 2.75) is 46.2 Å². The van der Waals surface area contributed by atoms with E-state index in [1.54, 1.807) is 67.0 Å². The molecule has 0 saturated heterocycles. The summed E-state index contributed by atoms with van der Waals surface area (Å²) < 4.78 is 5.73. The van der Waals surface area contributed by atoms with E-state index in [0.29, 0.717) is 22.8 Å². The minimum atomic E-state index is -0.808. The van der Waals surface area contributed by atoms with Crippen molar-refractivity contribution >= 4 is 40.7 Å². The zero-order chi connectivity index (χ0) is 27.6. The van der Waals surface area contributed by atoms with Gasteiger partial charge in [-0.1, -0.05) is 29.8 Å². The monoisotopic (exact) mass is 533 g/mol. The number of benzene rings is 3. The third kappa shape index (κ3) is 5.53. The molecule has 1 aliphatic heterocycles. The Morgan fingerprint density at radius 3 is 2.26 bits per heavy atom. The van der Waals surface area contributed by atoms with E-state index in [1.165, 1.54) is 0 Å². The van der Waals surface area contributed by atoms with Gasteiger partial charge in [-0.25, -0.2) is 0 Å². The van der Waals surface area contributed by atoms with Crippen LogP contribution in [0.4, 0.5) is 11.4 Å². The van der Waals surface area contributed by atoms with E-state index in [2.05, 4.69) is 0 Å². The Balaban J connectivity index is 1.61. The van der Waals surface area contributed by atoms with Crippen molar-refractivity contribution in [1.29, 1.82) is 0 Å². The fourth-order valence-corrected chi connectivity index (χ4v) is 4.81. The largest absolute Gasteiger partial charge is 0.492 e. The third-order valence-corrected chi connectivity index (χ3v) is 7.15. The molecular weight excluding hydrogens is 502 g/mol. The van der Waals surface area contributed by atoms with Gasteiger partial charge in [0.25, 0.3) is 5.91 Å². The molecule has 8 heteroatoms. The topological polar surface area (TPSA) is 92.9 Å². The molecule has 0 bridgehead atoms. The fourth-order valence-electron chi connectivity index (χ4n) is 4.69. The zero-order valence-electron chi connectivity index (χ0n) is 22.0. The highest BCUT2D eigenvalue weighted by Gasteiger charge is 2.38. The molecule has 0 fully saturated rings. The van der Waals surface area contributed by atoms with E-state index >= 15 is 0 Å². The summed E-state index contributed by atoms with van der Waals surface area (Å²) in [6.45, 7) is 7.11. The Hall–Kier alpha value is -3.84. The number of carbonyl (C=O) groups excluding carboxylic acids is 3. The molecular formula is C30H32ClN3O4. The smallest absolute Gasteiger partial charge is 0.258 e. The standard InChI is InChI=1S/C30H32ClN3O4/c1-19-17-27(34(20(2)35)23-13-11-22(31)12-14-23)25-7-5-6-8-26(25)33(19)28(36)21-9-15-24(16-10-21)38-18-30(3,4)29(32)37/h5-16,19,27H,17-18H2,1-4H3,(H2,32,37)/t19-,27+/m0/s1. The summed E-state index contributed by atoms with van der Waals surface area (Å²) in [5.41, 5.74) is 7.54. The zero-order valence-corrected chi connectivity index (χ0v) is 22.7. The van der Waals surface area contributed by atoms with Gasteiger partial charge < -0.3 is 20.3 Å². The fraction of sp³-hybridized carbons (Fsp3) is 0.300. The van der Waals surface area contributed by atoms with Crippen molar-refractivity contribution in [1.82, 2.24) is 0 Å². The molecule has 0 aliphatic carbocycles. The lowest BCUT2D eigenvalue weighted by atomic mass is 9.89. The maximum atomic E-state index is 13.7. The van der Waals surface area contributed by atoms with Gasteiger partial charge >= 0.3 is 0 Å². The molecule has 4 rings (SSSR count). The third-order valence-electron chi connectivity index (χ3n) is 6.90. The van der Waals surface area contributed by atoms with Gasteiger partial charge in [0.2, 0.25) is 11.8 Å². The van der Waals surface area contributed by atoms with Gasteiger partial charge in [-0.3, -0.25) is 14.4 Å². The van der Waals surface area contributed by atoms with Gasteiger partial charge in [0.1, 0.15) is 12.4 Å². The minimum absolute atomic E-state index is 0.0887. The van der Waals surface area contributed by atoms with Crippen LogP contribution in [0, 0.1) is 5.41 Å². The molecule has 1 aliphatic rings. The highest BCUT2D eigenvalue weighted by atomic mass is 35.5. The Labute approximate surface area is 228 Å². The Morgan fingerprint density at radius 2 is 1.66 bits per heavy atom. The molecule has 3 aromatic rings. The number of hydrogen-bond acceptors (Lipinski definition) is 4. The van der Waals surface area contributed by atoms with Crippen LogP contribution in [0.25, 0.3) is 0 Å². The molecule has 3 amide bonds. The number of nitrogens with two attached hydrogens (primary N) is 1. The first kappa shape index (κ1) is 27.2. The number of para-hydroxylation sites is 1. The van der Waals surface area contributed by atoms with Crippen molar-refractivity contribution in [3.8, 4) is 5.75 Å². The number of primary amides is 1. The van der Waals surface area contributed by atoms with E-state index in [1.807, 2.05) is 43.3 Å². The lowest BCUT2D eigenvalue weighted by Crippen LogP contribution is -2.47. The normalized spacial score (nSPS) is 16.9. The van der Waals surface area contributed by atoms with Crippen LogP contribution in [0.5, 0.6) is 5.75 Å². The molecule has 1 heterocycles. The molecule has 2 N–H and O–H groups in total. The number of rotatable bonds is 7. The van der Waals surface area contributed by atoms with Crippen molar-refractivity contribution < 1.29 is 19.1 Å². The van der Waals surface area contributed by atoms with Gasteiger partial charge in [-0.2, -0.15) is 0 Å². The second-order valence-corrected chi connectivity index (χ2v) is 10.7. The van der Waals surface area contributed by atoms with Crippen molar-refractivity contribution in [3.05, 3.63) is 88.9 Å². The summed E-state index contributed by atoms with van der Waals surface area (Å²) in [4.78, 5) is 41.7. The highest BCUT2D eigenvalue weighted by molar-refractivity contribution is 6.30. The highest BCUT2D eigenvalue weighted by Crippen LogP contribution is 2.43. The van der Waals surface area contributed by atoms with Crippen LogP contribution in [-0.2, 0) is 9.59 Å². The van der Waals surface area contributed by atoms with Crippen LogP contribution >= 0.6 is 11.6 Å². The average Bonchev–Trinajstić information content (AvgIpc) is 2.88. The van der Waals surface area contributed by atoms with E-state index in [4.69, 9.17) is 22.1 Å². The predicted octanol–water partition coefficient (Wildman–Crippen LogP) is 5.76. The van der Waals surface area contributed by atoms with Gasteiger partial charge in [0, 0.05) is 34.9 Å². The number of fused-ring (bicyclic) bond motifs is 1. The number of carbonyl (C=O) groups is 3. The van der Waals surface area contributed by atoms with Crippen molar-refractivity contribution in [2.75, 3.05) is 16.4 Å². The summed E-state index contributed by atoms with van der Waals surface area (Å²) >= 11 is 6.08. The summed E-state index contributed by atoms with van der Waals surface area (Å²) in [5, 5.41) is 0.597. The molecule has 2 atom stereocenters. The van der Waals surface area contributed by atoms with E-state index < -0.39 is 11.3 Å². The van der Waals surface area contributed by atoms with Crippen LogP contribution < -0.4 is 20.3 Å². The van der Waals surface area contributed by atoms with Crippen molar-refractivity contribution in [3.63, 3.8) is 0 Å². The Kier molecular flexibility index (Phi) is 7.78. The first-order valence-corrected chi connectivity index (χ1v) is 12.9. The molecule has 38 heavy (non-hydrogen) atoms. The van der Waals surface area contributed by atoms with Crippen LogP contribution in [-0.4, -0.2) is 30.4 Å². The molecule has 0 radical (unpaired) electrons. The molecule has 3 aromatic carbocycles. The second-order valence-electron chi connectivity index (χ2n) is 10.3. The summed E-state index contributed by atoms with van der Waals surface area (Å²) in [5.74, 6) is -0.134. The van der Waals surface area contributed by atoms with Crippen LogP contribution in [0.3, 0.4) is 0 Å². The van der Waals surface area contributed by atoms with E-state index in [9.17, 15) is 14.4 Å². The number of anilines is 2. The van der Waals surface area contributed by atoms with Gasteiger partial charge in [0.15, 0.2) is 0 Å². The SMILES string of the molecule is CC(=O)N(c1ccc(Cl)cc1)[C@@H]1C[C@H](C)N(C(=O)c2ccc(OCC(C)(C)C(N)=O)cc2)c2ccccc21. The lowest BCUT2D eigenvalue weighted by molar-refractivity contribution is -0.127. The Morgan fingerprint density at radius 1 is 1.03 bits per heavy atom. The number of nitrogens with zero attached hydrogens (tertiary/aromatic N) is 2. The maximum Gasteiger partial charge on any atom is 0.258 e. The maximum absolute atomic E-state index is 13.7. The summed E-state index contributed by atoms with van der Waals surface area (Å²) in [6, 6.07) is 21.3. The summed E-state index contributed by atoms with van der Waals surface area (Å²) in [7, 11) is 0. The molecule has 198 valence electrons. The molecule has 0 spiro atoms. The van der Waals surface area contributed by atoms with Gasteiger partial charge in [-0.05, 0) is 87.4 Å². The Bertz CT molecular complexity index is 1340. The molecule has 7 nitrogen and oxygen atoms in total. The first-order valence-electron chi connectivity index (χ1n) is 12.5. The van der Waals surface area contributed by atoms with Gasteiger partial charge in [0.05, 0.1) is 11.5 Å². The molecule has 0 saturated carbocycles. The van der Waals surface area contributed by atoms with Crippen LogP contribution in [0.15, 0.2) is 72.8 Å². The number of halogens is 1. The van der Waals surface area contributed by atoms with Crippen LogP contribution in [0.2, 0.25) is 5.02 Å². The second kappa shape index (κ2) is 10.9. The number of amides is 3. The molecule has 0 unspecified atom stereocenters.